The lowest BCUT2D eigenvalue weighted by atomic mass is 10.4. The standard InChI is InChI=1S/C6H6.3C3H6O/c1-2-4-6-5-3-1;3*1-2-3-4/h1-6H;3*2,4H,1,3H2. The van der Waals surface area contributed by atoms with Crippen LogP contribution in [0.3, 0.4) is 0 Å². The van der Waals surface area contributed by atoms with Gasteiger partial charge in [-0.2, -0.15) is 0 Å². The molecule has 3 N–H and O–H groups in total. The Hall–Kier alpha value is -1.68. The van der Waals surface area contributed by atoms with E-state index in [9.17, 15) is 0 Å². The minimum atomic E-state index is 0.0833. The van der Waals surface area contributed by atoms with Gasteiger partial charge >= 0.3 is 0 Å². The van der Waals surface area contributed by atoms with Gasteiger partial charge in [-0.3, -0.25) is 0 Å². The van der Waals surface area contributed by atoms with Crippen molar-refractivity contribution in [2.75, 3.05) is 19.8 Å². The van der Waals surface area contributed by atoms with Crippen LogP contribution in [0, 0.1) is 0 Å². The molecule has 102 valence electrons. The number of aliphatic hydroxyl groups is 3. The van der Waals surface area contributed by atoms with Gasteiger partial charge in [-0.25, -0.2) is 0 Å². The zero-order chi connectivity index (χ0) is 14.5. The molecule has 0 heterocycles. The molecule has 0 radical (unpaired) electrons. The monoisotopic (exact) mass is 252 g/mol. The third-order valence-electron chi connectivity index (χ3n) is 1.05. The van der Waals surface area contributed by atoms with Crippen LogP contribution in [0.5, 0.6) is 0 Å². The maximum atomic E-state index is 7.76. The Morgan fingerprint density at radius 1 is 0.556 bits per heavy atom. The fourth-order valence-electron chi connectivity index (χ4n) is 0.385. The van der Waals surface area contributed by atoms with Crippen LogP contribution in [0.25, 0.3) is 0 Å². The maximum Gasteiger partial charge on any atom is 0.0609 e. The Labute approximate surface area is 110 Å². The average Bonchev–Trinajstić information content (AvgIpc) is 2.49. The van der Waals surface area contributed by atoms with Crippen molar-refractivity contribution in [3.05, 3.63) is 74.4 Å². The summed E-state index contributed by atoms with van der Waals surface area (Å²) in [6.07, 6.45) is 4.29. The zero-order valence-corrected chi connectivity index (χ0v) is 10.8. The summed E-state index contributed by atoms with van der Waals surface area (Å²) < 4.78 is 0. The molecule has 0 fully saturated rings. The van der Waals surface area contributed by atoms with Gasteiger partial charge in [0.1, 0.15) is 0 Å². The molecule has 1 rings (SSSR count). The average molecular weight is 252 g/mol. The molecule has 0 atom stereocenters. The van der Waals surface area contributed by atoms with E-state index in [1.807, 2.05) is 36.4 Å². The zero-order valence-electron chi connectivity index (χ0n) is 10.8. The summed E-state index contributed by atoms with van der Waals surface area (Å²) in [6, 6.07) is 12.0. The number of aliphatic hydroxyl groups excluding tert-OH is 3. The quantitative estimate of drug-likeness (QED) is 0.723. The highest BCUT2D eigenvalue weighted by Crippen LogP contribution is 1.79. The lowest BCUT2D eigenvalue weighted by molar-refractivity contribution is 0.343. The topological polar surface area (TPSA) is 60.7 Å². The first-order valence-electron chi connectivity index (χ1n) is 5.40. The minimum Gasteiger partial charge on any atom is -0.392 e. The number of benzene rings is 1. The molecule has 0 spiro atoms. The molecular weight excluding hydrogens is 228 g/mol. The SMILES string of the molecule is C=CCO.C=CCO.C=CCO.c1ccccc1. The highest BCUT2D eigenvalue weighted by atomic mass is 16.3. The molecular formula is C15H24O3. The maximum absolute atomic E-state index is 7.76. The van der Waals surface area contributed by atoms with Crippen molar-refractivity contribution in [2.45, 2.75) is 0 Å². The fraction of sp³-hybridized carbons (Fsp3) is 0.200. The van der Waals surface area contributed by atoms with E-state index in [-0.39, 0.29) is 19.8 Å². The van der Waals surface area contributed by atoms with Crippen LogP contribution in [-0.2, 0) is 0 Å². The Morgan fingerprint density at radius 2 is 0.667 bits per heavy atom. The van der Waals surface area contributed by atoms with Crippen LogP contribution in [0.2, 0.25) is 0 Å². The normalized spacial score (nSPS) is 6.83. The van der Waals surface area contributed by atoms with Gasteiger partial charge in [0.25, 0.3) is 0 Å². The summed E-state index contributed by atoms with van der Waals surface area (Å²) in [5.41, 5.74) is 0. The van der Waals surface area contributed by atoms with E-state index in [1.165, 1.54) is 18.2 Å². The second kappa shape index (κ2) is 29.5. The molecule has 0 saturated heterocycles. The van der Waals surface area contributed by atoms with Crippen molar-refractivity contribution < 1.29 is 15.3 Å². The second-order valence-corrected chi connectivity index (χ2v) is 2.57. The Bertz CT molecular complexity index is 199. The fourth-order valence-corrected chi connectivity index (χ4v) is 0.385. The largest absolute Gasteiger partial charge is 0.392 e. The molecule has 0 unspecified atom stereocenters. The molecule has 3 heteroatoms. The lowest BCUT2D eigenvalue weighted by Crippen LogP contribution is -1.62. The van der Waals surface area contributed by atoms with Crippen LogP contribution in [0.15, 0.2) is 74.4 Å². The van der Waals surface area contributed by atoms with Gasteiger partial charge in [0.15, 0.2) is 0 Å². The number of rotatable bonds is 3. The molecule has 0 saturated carbocycles. The van der Waals surface area contributed by atoms with Gasteiger partial charge in [0.2, 0.25) is 0 Å². The van der Waals surface area contributed by atoms with E-state index >= 15 is 0 Å². The summed E-state index contributed by atoms with van der Waals surface area (Å²) in [7, 11) is 0. The molecule has 0 amide bonds. The Balaban J connectivity index is -0.000000171. The van der Waals surface area contributed by atoms with Gasteiger partial charge in [-0.15, -0.1) is 19.7 Å². The Morgan fingerprint density at radius 3 is 0.722 bits per heavy atom. The number of hydrogen-bond donors (Lipinski definition) is 3. The summed E-state index contributed by atoms with van der Waals surface area (Å²) in [5, 5.41) is 23.3. The molecule has 0 aliphatic heterocycles. The number of hydrogen-bond acceptors (Lipinski definition) is 3. The van der Waals surface area contributed by atoms with Crippen LogP contribution in [0.4, 0.5) is 0 Å². The molecule has 3 nitrogen and oxygen atoms in total. The van der Waals surface area contributed by atoms with Crippen LogP contribution in [0.1, 0.15) is 0 Å². The molecule has 0 aliphatic carbocycles. The van der Waals surface area contributed by atoms with Gasteiger partial charge in [-0.1, -0.05) is 54.6 Å². The molecule has 0 aromatic heterocycles. The van der Waals surface area contributed by atoms with E-state index in [4.69, 9.17) is 15.3 Å². The van der Waals surface area contributed by atoms with Gasteiger partial charge in [-0.05, 0) is 0 Å². The summed E-state index contributed by atoms with van der Waals surface area (Å²) in [5.74, 6) is 0. The third-order valence-corrected chi connectivity index (χ3v) is 1.05. The van der Waals surface area contributed by atoms with E-state index in [0.717, 1.165) is 0 Å². The molecule has 18 heavy (non-hydrogen) atoms. The van der Waals surface area contributed by atoms with Gasteiger partial charge in [0.05, 0.1) is 19.8 Å². The third kappa shape index (κ3) is 47.4. The van der Waals surface area contributed by atoms with Crippen molar-refractivity contribution in [3.8, 4) is 0 Å². The van der Waals surface area contributed by atoms with Crippen molar-refractivity contribution in [1.29, 1.82) is 0 Å². The Kier molecular flexibility index (Phi) is 35.4. The lowest BCUT2D eigenvalue weighted by Gasteiger charge is -1.69. The molecule has 1 aromatic rings. The van der Waals surface area contributed by atoms with Crippen molar-refractivity contribution >= 4 is 0 Å². The van der Waals surface area contributed by atoms with Crippen LogP contribution in [-0.4, -0.2) is 35.1 Å². The summed E-state index contributed by atoms with van der Waals surface area (Å²) in [4.78, 5) is 0. The van der Waals surface area contributed by atoms with Crippen LogP contribution < -0.4 is 0 Å². The van der Waals surface area contributed by atoms with E-state index in [1.54, 1.807) is 0 Å². The predicted molar refractivity (Wildman–Crippen MR) is 78.3 cm³/mol. The molecule has 0 aliphatic rings. The van der Waals surface area contributed by atoms with Gasteiger partial charge < -0.3 is 15.3 Å². The summed E-state index contributed by atoms with van der Waals surface area (Å²) in [6.45, 7) is 9.94. The van der Waals surface area contributed by atoms with Gasteiger partial charge in [0, 0.05) is 0 Å². The summed E-state index contributed by atoms with van der Waals surface area (Å²) >= 11 is 0. The smallest absolute Gasteiger partial charge is 0.0609 e. The molecule has 1 aromatic carbocycles. The van der Waals surface area contributed by atoms with E-state index < -0.39 is 0 Å². The van der Waals surface area contributed by atoms with Crippen LogP contribution >= 0.6 is 0 Å². The van der Waals surface area contributed by atoms with Crippen molar-refractivity contribution in [1.82, 2.24) is 0 Å². The predicted octanol–water partition coefficient (Wildman–Crippen LogP) is 2.18. The first kappa shape index (κ1) is 21.6. The highest BCUT2D eigenvalue weighted by molar-refractivity contribution is 4.99. The van der Waals surface area contributed by atoms with Crippen molar-refractivity contribution in [3.63, 3.8) is 0 Å². The first-order chi connectivity index (χ1) is 8.74. The molecule has 0 bridgehead atoms. The van der Waals surface area contributed by atoms with E-state index in [2.05, 4.69) is 19.7 Å². The first-order valence-corrected chi connectivity index (χ1v) is 5.40. The minimum absolute atomic E-state index is 0.0833. The second-order valence-electron chi connectivity index (χ2n) is 2.57. The van der Waals surface area contributed by atoms with Crippen molar-refractivity contribution in [2.24, 2.45) is 0 Å². The van der Waals surface area contributed by atoms with E-state index in [0.29, 0.717) is 0 Å². The highest BCUT2D eigenvalue weighted by Gasteiger charge is 1.57.